The third-order valence-electron chi connectivity index (χ3n) is 4.87. The van der Waals surface area contributed by atoms with Crippen molar-refractivity contribution in [1.82, 2.24) is 9.88 Å². The Morgan fingerprint density at radius 2 is 2.14 bits per heavy atom. The van der Waals surface area contributed by atoms with E-state index in [-0.39, 0.29) is 18.1 Å². The summed E-state index contributed by atoms with van der Waals surface area (Å²) in [6.07, 6.45) is 2.09. The van der Waals surface area contributed by atoms with Crippen LogP contribution in [0, 0.1) is 10.1 Å². The van der Waals surface area contributed by atoms with Crippen LogP contribution in [0.25, 0.3) is 10.2 Å². The zero-order chi connectivity index (χ0) is 19.5. The van der Waals surface area contributed by atoms with Crippen molar-refractivity contribution in [2.24, 2.45) is 0 Å². The fraction of sp³-hybridized carbons (Fsp3) is 0.300. The van der Waals surface area contributed by atoms with E-state index in [2.05, 4.69) is 16.3 Å². The van der Waals surface area contributed by atoms with Gasteiger partial charge in [0, 0.05) is 30.3 Å². The number of carbonyl (C=O) groups is 1. The van der Waals surface area contributed by atoms with Crippen molar-refractivity contribution >= 4 is 38.8 Å². The average molecular weight is 396 g/mol. The number of nitro groups is 1. The van der Waals surface area contributed by atoms with Crippen molar-refractivity contribution in [3.05, 3.63) is 63.7 Å². The van der Waals surface area contributed by atoms with Crippen LogP contribution in [0.5, 0.6) is 0 Å². The summed E-state index contributed by atoms with van der Waals surface area (Å²) in [6.45, 7) is 1.93. The molecule has 1 amide bonds. The lowest BCUT2D eigenvalue weighted by Gasteiger charge is -2.31. The second-order valence-electron chi connectivity index (χ2n) is 6.95. The van der Waals surface area contributed by atoms with Gasteiger partial charge in [0.15, 0.2) is 0 Å². The molecular weight excluding hydrogens is 376 g/mol. The van der Waals surface area contributed by atoms with E-state index in [9.17, 15) is 14.9 Å². The van der Waals surface area contributed by atoms with Gasteiger partial charge in [0.1, 0.15) is 0 Å². The van der Waals surface area contributed by atoms with Gasteiger partial charge in [-0.1, -0.05) is 18.2 Å². The highest BCUT2D eigenvalue weighted by molar-refractivity contribution is 7.18. The number of benzene rings is 2. The summed E-state index contributed by atoms with van der Waals surface area (Å²) >= 11 is 1.73. The number of non-ortho nitro benzene ring substituents is 1. The molecule has 4 rings (SSSR count). The van der Waals surface area contributed by atoms with Crippen LogP contribution in [0.1, 0.15) is 23.8 Å². The van der Waals surface area contributed by atoms with E-state index < -0.39 is 4.92 Å². The van der Waals surface area contributed by atoms with Gasteiger partial charge in [0.05, 0.1) is 26.7 Å². The highest BCUT2D eigenvalue weighted by Gasteiger charge is 2.25. The Bertz CT molecular complexity index is 986. The molecule has 7 nitrogen and oxygen atoms in total. The fourth-order valence-electron chi connectivity index (χ4n) is 3.57. The minimum Gasteiger partial charge on any atom is -0.325 e. The summed E-state index contributed by atoms with van der Waals surface area (Å²) in [6, 6.07) is 14.1. The molecule has 144 valence electrons. The molecule has 28 heavy (non-hydrogen) atoms. The summed E-state index contributed by atoms with van der Waals surface area (Å²) in [7, 11) is 0. The van der Waals surface area contributed by atoms with Crippen LogP contribution < -0.4 is 5.32 Å². The van der Waals surface area contributed by atoms with E-state index in [4.69, 9.17) is 4.98 Å². The second kappa shape index (κ2) is 8.04. The maximum Gasteiger partial charge on any atom is 0.271 e. The van der Waals surface area contributed by atoms with Crippen molar-refractivity contribution in [3.63, 3.8) is 0 Å². The quantitative estimate of drug-likeness (QED) is 0.520. The highest BCUT2D eigenvalue weighted by atomic mass is 32.1. The summed E-state index contributed by atoms with van der Waals surface area (Å²) in [5.74, 6) is 0.169. The predicted octanol–water partition coefficient (Wildman–Crippen LogP) is 4.02. The van der Waals surface area contributed by atoms with Gasteiger partial charge in [-0.15, -0.1) is 11.3 Å². The Kier molecular flexibility index (Phi) is 5.31. The number of nitro benzene ring substituents is 1. The molecule has 1 fully saturated rings. The van der Waals surface area contributed by atoms with Crippen molar-refractivity contribution in [2.45, 2.75) is 18.8 Å². The number of hydrogen-bond donors (Lipinski definition) is 1. The molecule has 2 aromatic carbocycles. The van der Waals surface area contributed by atoms with Crippen LogP contribution in [-0.4, -0.2) is 40.3 Å². The predicted molar refractivity (Wildman–Crippen MR) is 110 cm³/mol. The first-order valence-corrected chi connectivity index (χ1v) is 10.0. The third-order valence-corrected chi connectivity index (χ3v) is 6.07. The van der Waals surface area contributed by atoms with Crippen LogP contribution in [-0.2, 0) is 4.79 Å². The maximum atomic E-state index is 12.4. The molecule has 8 heteroatoms. The van der Waals surface area contributed by atoms with Crippen molar-refractivity contribution in [3.8, 4) is 0 Å². The zero-order valence-electron chi connectivity index (χ0n) is 15.2. The number of likely N-dealkylation sites (tertiary alicyclic amines) is 1. The lowest BCUT2D eigenvalue weighted by molar-refractivity contribution is -0.384. The summed E-state index contributed by atoms with van der Waals surface area (Å²) in [5, 5.41) is 14.8. The minimum absolute atomic E-state index is 0.0355. The Labute approximate surface area is 166 Å². The third kappa shape index (κ3) is 4.18. The van der Waals surface area contributed by atoms with Crippen molar-refractivity contribution in [2.75, 3.05) is 25.0 Å². The van der Waals surface area contributed by atoms with Crippen LogP contribution in [0.2, 0.25) is 0 Å². The van der Waals surface area contributed by atoms with Crippen LogP contribution in [0.15, 0.2) is 48.5 Å². The maximum absolute atomic E-state index is 12.4. The zero-order valence-corrected chi connectivity index (χ0v) is 16.0. The molecule has 1 N–H and O–H groups in total. The molecule has 0 aliphatic carbocycles. The Balaban J connectivity index is 1.38. The molecule has 0 radical (unpaired) electrons. The highest BCUT2D eigenvalue weighted by Crippen LogP contribution is 2.32. The average Bonchev–Trinajstić information content (AvgIpc) is 3.12. The number of anilines is 1. The smallest absolute Gasteiger partial charge is 0.271 e. The largest absolute Gasteiger partial charge is 0.325 e. The molecular formula is C20H20N4O3S. The van der Waals surface area contributed by atoms with Gasteiger partial charge in [0.25, 0.3) is 5.69 Å². The van der Waals surface area contributed by atoms with Crippen molar-refractivity contribution in [1.29, 1.82) is 0 Å². The van der Waals surface area contributed by atoms with E-state index in [0.717, 1.165) is 36.5 Å². The van der Waals surface area contributed by atoms with Crippen LogP contribution >= 0.6 is 11.3 Å². The monoisotopic (exact) mass is 396 g/mol. The number of aromatic nitrogens is 1. The van der Waals surface area contributed by atoms with Crippen molar-refractivity contribution < 1.29 is 9.72 Å². The van der Waals surface area contributed by atoms with Gasteiger partial charge in [-0.25, -0.2) is 4.98 Å². The number of carbonyl (C=O) groups excluding carboxylic acids is 1. The lowest BCUT2D eigenvalue weighted by Crippen LogP contribution is -2.39. The van der Waals surface area contributed by atoms with Gasteiger partial charge in [-0.05, 0) is 37.6 Å². The van der Waals surface area contributed by atoms with E-state index in [1.165, 1.54) is 16.8 Å². The van der Waals surface area contributed by atoms with E-state index in [1.807, 2.05) is 18.2 Å². The van der Waals surface area contributed by atoms with Gasteiger partial charge >= 0.3 is 0 Å². The summed E-state index contributed by atoms with van der Waals surface area (Å²) in [5.41, 5.74) is 1.44. The Hall–Kier alpha value is -2.84. The molecule has 1 aliphatic heterocycles. The molecule has 1 atom stereocenters. The van der Waals surface area contributed by atoms with E-state index in [1.54, 1.807) is 23.5 Å². The number of rotatable bonds is 5. The first-order chi connectivity index (χ1) is 13.6. The number of thiazole rings is 1. The summed E-state index contributed by atoms with van der Waals surface area (Å²) in [4.78, 5) is 29.7. The molecule has 3 aromatic rings. The minimum atomic E-state index is -0.469. The summed E-state index contributed by atoms with van der Waals surface area (Å²) < 4.78 is 1.19. The van der Waals surface area contributed by atoms with Crippen LogP contribution in [0.4, 0.5) is 11.4 Å². The van der Waals surface area contributed by atoms with Gasteiger partial charge in [0.2, 0.25) is 5.91 Å². The SMILES string of the molecule is O=C(CN1CCC[C@@H](c2nc3ccccc3s2)C1)Nc1cccc([N+](=O)[O-])c1. The topological polar surface area (TPSA) is 88.4 Å². The van der Waals surface area contributed by atoms with Gasteiger partial charge in [-0.3, -0.25) is 19.8 Å². The van der Waals surface area contributed by atoms with E-state index >= 15 is 0 Å². The number of nitrogens with one attached hydrogen (secondary N) is 1. The molecule has 1 aromatic heterocycles. The molecule has 0 spiro atoms. The lowest BCUT2D eigenvalue weighted by atomic mass is 9.99. The first-order valence-electron chi connectivity index (χ1n) is 9.20. The molecule has 2 heterocycles. The van der Waals surface area contributed by atoms with Gasteiger partial charge in [-0.2, -0.15) is 0 Å². The number of para-hydroxylation sites is 1. The van der Waals surface area contributed by atoms with Crippen LogP contribution in [0.3, 0.4) is 0 Å². The molecule has 0 unspecified atom stereocenters. The fourth-order valence-corrected chi connectivity index (χ4v) is 4.66. The first kappa shape index (κ1) is 18.5. The Morgan fingerprint density at radius 3 is 2.96 bits per heavy atom. The number of piperidine rings is 1. The number of nitrogens with zero attached hydrogens (tertiary/aromatic N) is 3. The van der Waals surface area contributed by atoms with Gasteiger partial charge < -0.3 is 5.32 Å². The molecule has 0 bridgehead atoms. The normalized spacial score (nSPS) is 17.5. The number of hydrogen-bond acceptors (Lipinski definition) is 6. The number of fused-ring (bicyclic) bond motifs is 1. The standard InChI is InChI=1S/C20H20N4O3S/c25-19(21-15-6-3-7-16(11-15)24(26)27)13-23-10-4-5-14(12-23)20-22-17-8-1-2-9-18(17)28-20/h1-3,6-9,11,14H,4-5,10,12-13H2,(H,21,25)/t14-/m1/s1. The molecule has 1 saturated heterocycles. The molecule has 1 aliphatic rings. The second-order valence-corrected chi connectivity index (χ2v) is 8.01. The number of amides is 1. The van der Waals surface area contributed by atoms with E-state index in [0.29, 0.717) is 11.6 Å². The Morgan fingerprint density at radius 1 is 1.29 bits per heavy atom. The molecule has 0 saturated carbocycles.